The molecule has 0 spiro atoms. The Hall–Kier alpha value is -0.300. The summed E-state index contributed by atoms with van der Waals surface area (Å²) in [5.74, 6) is 0. The third kappa shape index (κ3) is 3.70. The molecule has 30 valence electrons. The Kier molecular flexibility index (Phi) is 1.15. The van der Waals surface area contributed by atoms with Crippen LogP contribution in [-0.2, 0) is 0 Å². The number of rotatable bonds is 1. The van der Waals surface area contributed by atoms with Crippen molar-refractivity contribution < 1.29 is 6.48 Å². The van der Waals surface area contributed by atoms with Gasteiger partial charge in [-0.2, -0.15) is 0 Å². The van der Waals surface area contributed by atoms with Crippen molar-refractivity contribution in [1.82, 2.24) is 0 Å². The molecule has 1 atom stereocenters. The first kappa shape index (κ1) is 2.91. The molecule has 0 bridgehead atoms. The molecule has 0 radical (unpaired) electrons. The summed E-state index contributed by atoms with van der Waals surface area (Å²) in [6.07, 6.45) is 0. The van der Waals surface area contributed by atoms with E-state index in [-0.39, 0.29) is 0 Å². The van der Waals surface area contributed by atoms with Gasteiger partial charge in [0, 0.05) is 0 Å². The Balaban J connectivity index is 3.26. The van der Waals surface area contributed by atoms with Crippen molar-refractivity contribution in [2.24, 2.45) is 0 Å². The van der Waals surface area contributed by atoms with Gasteiger partial charge >= 0.3 is 0 Å². The first-order valence-corrected chi connectivity index (χ1v) is 1.40. The minimum absolute atomic E-state index is 0.481. The third-order valence-electron chi connectivity index (χ3n) is 0.220. The second-order valence-corrected chi connectivity index (χ2v) is 0.975. The van der Waals surface area contributed by atoms with Crippen LogP contribution in [0.25, 0.3) is 0 Å². The molecule has 1 heteroatoms. The molecule has 0 aromatic heterocycles. The van der Waals surface area contributed by atoms with Crippen LogP contribution in [0.3, 0.4) is 0 Å². The smallest absolute Gasteiger partial charge is 0.0636 e. The SMILES string of the molecule is [2H]C(O)C(=C)C. The molecular weight excluding hydrogens is 64.0 g/mol. The third-order valence-corrected chi connectivity index (χ3v) is 0.220. The maximum absolute atomic E-state index is 8.20. The molecule has 0 aliphatic carbocycles. The van der Waals surface area contributed by atoms with Crippen molar-refractivity contribution >= 4 is 0 Å². The Labute approximate surface area is 33.3 Å². The highest BCUT2D eigenvalue weighted by Crippen LogP contribution is 1.76. The lowest BCUT2D eigenvalue weighted by Crippen LogP contribution is -1.76. The molecule has 0 heterocycles. The molecule has 5 heavy (non-hydrogen) atoms. The van der Waals surface area contributed by atoms with Gasteiger partial charge in [0.05, 0.1) is 7.95 Å². The summed E-state index contributed by atoms with van der Waals surface area (Å²) in [7, 11) is 0. The maximum atomic E-state index is 8.20. The number of hydrogen-bond donors (Lipinski definition) is 1. The van der Waals surface area contributed by atoms with Crippen molar-refractivity contribution in [3.05, 3.63) is 12.2 Å². The summed E-state index contributed by atoms with van der Waals surface area (Å²) in [6.45, 7) is 3.83. The van der Waals surface area contributed by atoms with Crippen LogP contribution in [0.4, 0.5) is 0 Å². The zero-order valence-corrected chi connectivity index (χ0v) is 3.23. The standard InChI is InChI=1S/C4H8O/c1-4(2)3-5/h5H,1,3H2,2H3/i3D. The molecular formula is C4H8O. The molecule has 0 aromatic rings. The van der Waals surface area contributed by atoms with E-state index in [2.05, 4.69) is 6.58 Å². The lowest BCUT2D eigenvalue weighted by Gasteiger charge is -1.79. The second-order valence-electron chi connectivity index (χ2n) is 0.975. The minimum Gasteiger partial charge on any atom is -0.392 e. The van der Waals surface area contributed by atoms with Crippen LogP contribution < -0.4 is 0 Å². The summed E-state index contributed by atoms with van der Waals surface area (Å²) in [5, 5.41) is 8.20. The van der Waals surface area contributed by atoms with Crippen molar-refractivity contribution in [3.8, 4) is 0 Å². The molecule has 0 amide bonds. The van der Waals surface area contributed by atoms with Gasteiger partial charge in [-0.05, 0) is 6.92 Å². The molecule has 0 rings (SSSR count). The van der Waals surface area contributed by atoms with Crippen molar-refractivity contribution in [2.45, 2.75) is 6.92 Å². The summed E-state index contributed by atoms with van der Waals surface area (Å²) in [4.78, 5) is 0. The van der Waals surface area contributed by atoms with E-state index in [1.807, 2.05) is 0 Å². The van der Waals surface area contributed by atoms with Gasteiger partial charge in [0.15, 0.2) is 0 Å². The predicted molar refractivity (Wildman–Crippen MR) is 21.9 cm³/mol. The molecule has 0 saturated heterocycles. The number of aliphatic hydroxyl groups is 1. The zero-order chi connectivity index (χ0) is 5.15. The zero-order valence-electron chi connectivity index (χ0n) is 4.23. The lowest BCUT2D eigenvalue weighted by molar-refractivity contribution is 0.332. The van der Waals surface area contributed by atoms with Gasteiger partial charge in [0.2, 0.25) is 0 Å². The van der Waals surface area contributed by atoms with E-state index in [4.69, 9.17) is 6.48 Å². The van der Waals surface area contributed by atoms with Gasteiger partial charge in [-0.15, -0.1) is 0 Å². The fourth-order valence-corrected chi connectivity index (χ4v) is 0. The van der Waals surface area contributed by atoms with Crippen LogP contribution in [0, 0.1) is 0 Å². The Morgan fingerprint density at radius 1 is 2.40 bits per heavy atom. The summed E-state index contributed by atoms with van der Waals surface area (Å²) in [5.41, 5.74) is 0.481. The van der Waals surface area contributed by atoms with Gasteiger partial charge in [0.25, 0.3) is 0 Å². The molecule has 1 unspecified atom stereocenters. The monoisotopic (exact) mass is 73.1 g/mol. The molecule has 0 fully saturated rings. The maximum Gasteiger partial charge on any atom is 0.0636 e. The highest BCUT2D eigenvalue weighted by atomic mass is 16.3. The summed E-state index contributed by atoms with van der Waals surface area (Å²) in [6, 6.07) is 0. The number of aliphatic hydroxyl groups excluding tert-OH is 1. The lowest BCUT2D eigenvalue weighted by atomic mass is 10.4. The fourth-order valence-electron chi connectivity index (χ4n) is 0. The van der Waals surface area contributed by atoms with Crippen LogP contribution in [0.1, 0.15) is 8.29 Å². The molecule has 1 nitrogen and oxygen atoms in total. The summed E-state index contributed by atoms with van der Waals surface area (Å²) >= 11 is 0. The normalized spacial score (nSPS) is 16.8. The van der Waals surface area contributed by atoms with Gasteiger partial charge in [-0.3, -0.25) is 0 Å². The predicted octanol–water partition coefficient (Wildman–Crippen LogP) is 0.555. The molecule has 0 saturated carbocycles. The Bertz CT molecular complexity index is 58.6. The average molecular weight is 73.1 g/mol. The summed E-state index contributed by atoms with van der Waals surface area (Å²) < 4.78 is 6.49. The van der Waals surface area contributed by atoms with Gasteiger partial charge in [-0.25, -0.2) is 0 Å². The molecule has 1 N–H and O–H groups in total. The second kappa shape index (κ2) is 1.97. The quantitative estimate of drug-likeness (QED) is 0.449. The van der Waals surface area contributed by atoms with Gasteiger partial charge in [0.1, 0.15) is 0 Å². The van der Waals surface area contributed by atoms with Crippen molar-refractivity contribution in [1.29, 1.82) is 0 Å². The van der Waals surface area contributed by atoms with Crippen LogP contribution in [0.5, 0.6) is 0 Å². The Morgan fingerprint density at radius 2 is 2.60 bits per heavy atom. The van der Waals surface area contributed by atoms with Crippen LogP contribution in [0.2, 0.25) is 0 Å². The highest BCUT2D eigenvalue weighted by molar-refractivity contribution is 4.85. The van der Waals surface area contributed by atoms with E-state index < -0.39 is 6.58 Å². The van der Waals surface area contributed by atoms with Crippen LogP contribution in [0.15, 0.2) is 12.2 Å². The van der Waals surface area contributed by atoms with E-state index in [1.54, 1.807) is 6.92 Å². The topological polar surface area (TPSA) is 20.2 Å². The highest BCUT2D eigenvalue weighted by Gasteiger charge is 1.69. The van der Waals surface area contributed by atoms with Crippen LogP contribution >= 0.6 is 0 Å². The van der Waals surface area contributed by atoms with Gasteiger partial charge in [-0.1, -0.05) is 12.2 Å². The van der Waals surface area contributed by atoms with Crippen LogP contribution in [-0.4, -0.2) is 11.7 Å². The average Bonchev–Trinajstić information content (AvgIpc) is 1.36. The van der Waals surface area contributed by atoms with E-state index in [0.29, 0.717) is 5.57 Å². The van der Waals surface area contributed by atoms with E-state index >= 15 is 0 Å². The fraction of sp³-hybridized carbons (Fsp3) is 0.500. The van der Waals surface area contributed by atoms with E-state index in [0.717, 1.165) is 0 Å². The number of hydrogen-bond acceptors (Lipinski definition) is 1. The van der Waals surface area contributed by atoms with E-state index in [9.17, 15) is 0 Å². The van der Waals surface area contributed by atoms with E-state index in [1.165, 1.54) is 0 Å². The minimum atomic E-state index is -1.09. The molecule has 0 aliphatic rings. The largest absolute Gasteiger partial charge is 0.392 e. The first-order chi connectivity index (χ1) is 2.64. The van der Waals surface area contributed by atoms with Crippen molar-refractivity contribution in [2.75, 3.05) is 6.58 Å². The van der Waals surface area contributed by atoms with Gasteiger partial charge < -0.3 is 5.11 Å². The first-order valence-electron chi connectivity index (χ1n) is 1.98. The molecule has 0 aromatic carbocycles. The Morgan fingerprint density at radius 3 is 2.60 bits per heavy atom. The molecule has 0 aliphatic heterocycles. The van der Waals surface area contributed by atoms with Crippen molar-refractivity contribution in [3.63, 3.8) is 0 Å².